The van der Waals surface area contributed by atoms with Crippen molar-refractivity contribution in [2.24, 2.45) is 5.41 Å². The van der Waals surface area contributed by atoms with Crippen molar-refractivity contribution in [3.8, 4) is 0 Å². The van der Waals surface area contributed by atoms with Gasteiger partial charge in [-0.1, -0.05) is 13.8 Å². The third-order valence-electron chi connectivity index (χ3n) is 4.25. The van der Waals surface area contributed by atoms with Gasteiger partial charge in [-0.25, -0.2) is 8.42 Å². The Balaban J connectivity index is 2.62. The number of rotatable bonds is 6. The summed E-state index contributed by atoms with van der Waals surface area (Å²) in [6.45, 7) is 5.11. The molecule has 1 unspecified atom stereocenters. The lowest BCUT2D eigenvalue weighted by Gasteiger charge is -2.36. The van der Waals surface area contributed by atoms with Gasteiger partial charge >= 0.3 is 0 Å². The molecular weight excluding hydrogens is 238 g/mol. The fourth-order valence-corrected chi connectivity index (χ4v) is 4.33. The van der Waals surface area contributed by atoms with Crippen LogP contribution in [-0.4, -0.2) is 56.2 Å². The highest BCUT2D eigenvalue weighted by atomic mass is 32.2. The molecule has 0 bridgehead atoms. The molecule has 0 aromatic rings. The van der Waals surface area contributed by atoms with Crippen LogP contribution in [0.15, 0.2) is 0 Å². The van der Waals surface area contributed by atoms with Crippen LogP contribution in [0.5, 0.6) is 0 Å². The molecule has 102 valence electrons. The van der Waals surface area contributed by atoms with Crippen molar-refractivity contribution in [1.82, 2.24) is 4.90 Å². The molecule has 1 heterocycles. The molecule has 1 atom stereocenters. The van der Waals surface area contributed by atoms with Crippen molar-refractivity contribution in [2.75, 3.05) is 31.7 Å². The number of hydrogen-bond acceptors (Lipinski definition) is 4. The first kappa shape index (κ1) is 14.9. The summed E-state index contributed by atoms with van der Waals surface area (Å²) in [5.41, 5.74) is -0.0822. The van der Waals surface area contributed by atoms with Crippen molar-refractivity contribution in [1.29, 1.82) is 0 Å². The summed E-state index contributed by atoms with van der Waals surface area (Å²) < 4.78 is 22.9. The Bertz CT molecular complexity index is 327. The Morgan fingerprint density at radius 2 is 1.94 bits per heavy atom. The normalized spacial score (nSPS) is 24.4. The molecule has 0 aromatic heterocycles. The SMILES string of the molecule is CCC(CC)(CO)CN(C)C1CCS(=O)(=O)C1. The summed E-state index contributed by atoms with van der Waals surface area (Å²) in [7, 11) is -0.847. The molecule has 1 saturated heterocycles. The second-order valence-corrected chi connectivity index (χ2v) is 7.57. The number of hydrogen-bond donors (Lipinski definition) is 1. The van der Waals surface area contributed by atoms with Gasteiger partial charge in [0.15, 0.2) is 9.84 Å². The molecule has 1 aliphatic heterocycles. The number of aliphatic hydroxyl groups excluding tert-OH is 1. The molecule has 5 heteroatoms. The first-order valence-electron chi connectivity index (χ1n) is 6.39. The average Bonchev–Trinajstić information content (AvgIpc) is 2.67. The maximum Gasteiger partial charge on any atom is 0.151 e. The van der Waals surface area contributed by atoms with Gasteiger partial charge in [0.05, 0.1) is 11.5 Å². The quantitative estimate of drug-likeness (QED) is 0.774. The topological polar surface area (TPSA) is 57.6 Å². The summed E-state index contributed by atoms with van der Waals surface area (Å²) >= 11 is 0. The van der Waals surface area contributed by atoms with Crippen molar-refractivity contribution in [3.63, 3.8) is 0 Å². The van der Waals surface area contributed by atoms with E-state index in [1.165, 1.54) is 0 Å². The second kappa shape index (κ2) is 5.67. The zero-order chi connectivity index (χ0) is 13.1. The fraction of sp³-hybridized carbons (Fsp3) is 1.00. The third kappa shape index (κ3) is 3.66. The van der Waals surface area contributed by atoms with Crippen molar-refractivity contribution in [2.45, 2.75) is 39.2 Å². The van der Waals surface area contributed by atoms with E-state index in [0.717, 1.165) is 25.8 Å². The van der Waals surface area contributed by atoms with Gasteiger partial charge in [0.25, 0.3) is 0 Å². The highest BCUT2D eigenvalue weighted by molar-refractivity contribution is 7.91. The number of aliphatic hydroxyl groups is 1. The Morgan fingerprint density at radius 3 is 2.29 bits per heavy atom. The standard InChI is InChI=1S/C12H25NO3S/c1-4-12(5-2,10-14)9-13(3)11-6-7-17(15,16)8-11/h11,14H,4-10H2,1-3H3. The molecule has 1 rings (SSSR count). The van der Waals surface area contributed by atoms with E-state index in [1.807, 2.05) is 7.05 Å². The van der Waals surface area contributed by atoms with E-state index >= 15 is 0 Å². The van der Waals surface area contributed by atoms with Crippen LogP contribution in [0.2, 0.25) is 0 Å². The fourth-order valence-electron chi connectivity index (χ4n) is 2.53. The maximum absolute atomic E-state index is 11.4. The average molecular weight is 263 g/mol. The summed E-state index contributed by atoms with van der Waals surface area (Å²) in [5.74, 6) is 0.588. The third-order valence-corrected chi connectivity index (χ3v) is 6.00. The van der Waals surface area contributed by atoms with Gasteiger partial charge in [0, 0.05) is 24.6 Å². The number of sulfone groups is 1. The summed E-state index contributed by atoms with van der Waals surface area (Å²) in [6, 6.07) is 0.129. The van der Waals surface area contributed by atoms with Gasteiger partial charge in [0.2, 0.25) is 0 Å². The lowest BCUT2D eigenvalue weighted by Crippen LogP contribution is -2.43. The zero-order valence-corrected chi connectivity index (χ0v) is 12.0. The molecule has 1 aliphatic rings. The Hall–Kier alpha value is -0.130. The van der Waals surface area contributed by atoms with Crippen molar-refractivity contribution >= 4 is 9.84 Å². The summed E-state index contributed by atoms with van der Waals surface area (Å²) in [4.78, 5) is 2.12. The molecule has 0 amide bonds. The second-order valence-electron chi connectivity index (χ2n) is 5.34. The van der Waals surface area contributed by atoms with Crippen LogP contribution in [-0.2, 0) is 9.84 Å². The Labute approximate surface area is 105 Å². The molecule has 0 aliphatic carbocycles. The molecule has 1 fully saturated rings. The Morgan fingerprint density at radius 1 is 1.35 bits per heavy atom. The molecule has 17 heavy (non-hydrogen) atoms. The molecule has 0 spiro atoms. The number of nitrogens with zero attached hydrogens (tertiary/aromatic N) is 1. The van der Waals surface area contributed by atoms with Crippen LogP contribution >= 0.6 is 0 Å². The monoisotopic (exact) mass is 263 g/mol. The van der Waals surface area contributed by atoms with Crippen LogP contribution in [0.1, 0.15) is 33.1 Å². The predicted molar refractivity (Wildman–Crippen MR) is 69.8 cm³/mol. The smallest absolute Gasteiger partial charge is 0.151 e. The minimum Gasteiger partial charge on any atom is -0.396 e. The Kier molecular flexibility index (Phi) is 4.98. The first-order chi connectivity index (χ1) is 7.88. The minimum absolute atomic E-state index is 0.0822. The van der Waals surface area contributed by atoms with Crippen LogP contribution < -0.4 is 0 Å². The van der Waals surface area contributed by atoms with Crippen LogP contribution in [0.3, 0.4) is 0 Å². The highest BCUT2D eigenvalue weighted by Crippen LogP contribution is 2.28. The largest absolute Gasteiger partial charge is 0.396 e. The zero-order valence-electron chi connectivity index (χ0n) is 11.1. The van der Waals surface area contributed by atoms with Gasteiger partial charge in [-0.3, -0.25) is 0 Å². The summed E-state index contributed by atoms with van der Waals surface area (Å²) in [6.07, 6.45) is 2.57. The van der Waals surface area contributed by atoms with E-state index in [9.17, 15) is 13.5 Å². The summed E-state index contributed by atoms with van der Waals surface area (Å²) in [5, 5.41) is 9.53. The maximum atomic E-state index is 11.4. The molecule has 0 radical (unpaired) electrons. The highest BCUT2D eigenvalue weighted by Gasteiger charge is 2.34. The minimum atomic E-state index is -2.82. The molecule has 0 saturated carbocycles. The lowest BCUT2D eigenvalue weighted by molar-refractivity contribution is 0.0635. The molecule has 0 aromatic carbocycles. The molecule has 4 nitrogen and oxygen atoms in total. The van der Waals surface area contributed by atoms with Gasteiger partial charge < -0.3 is 10.0 Å². The van der Waals surface area contributed by atoms with E-state index in [1.54, 1.807) is 0 Å². The predicted octanol–water partition coefficient (Wildman–Crippen LogP) is 0.904. The van der Waals surface area contributed by atoms with E-state index in [4.69, 9.17) is 0 Å². The van der Waals surface area contributed by atoms with E-state index in [-0.39, 0.29) is 23.8 Å². The van der Waals surface area contributed by atoms with Crippen molar-refractivity contribution < 1.29 is 13.5 Å². The van der Waals surface area contributed by atoms with Crippen LogP contribution in [0, 0.1) is 5.41 Å². The van der Waals surface area contributed by atoms with Gasteiger partial charge in [-0.2, -0.15) is 0 Å². The van der Waals surface area contributed by atoms with E-state index < -0.39 is 9.84 Å². The first-order valence-corrected chi connectivity index (χ1v) is 8.21. The van der Waals surface area contributed by atoms with Gasteiger partial charge in [-0.05, 0) is 26.3 Å². The molecule has 1 N–H and O–H groups in total. The van der Waals surface area contributed by atoms with Gasteiger partial charge in [0.1, 0.15) is 0 Å². The molecular formula is C12H25NO3S. The van der Waals surface area contributed by atoms with E-state index in [0.29, 0.717) is 5.75 Å². The van der Waals surface area contributed by atoms with Crippen molar-refractivity contribution in [3.05, 3.63) is 0 Å². The lowest BCUT2D eigenvalue weighted by atomic mass is 9.82. The van der Waals surface area contributed by atoms with Gasteiger partial charge in [-0.15, -0.1) is 0 Å². The van der Waals surface area contributed by atoms with Crippen LogP contribution in [0.4, 0.5) is 0 Å². The van der Waals surface area contributed by atoms with E-state index in [2.05, 4.69) is 18.7 Å². The van der Waals surface area contributed by atoms with Crippen LogP contribution in [0.25, 0.3) is 0 Å².